The predicted molar refractivity (Wildman–Crippen MR) is 109 cm³/mol. The Bertz CT molecular complexity index is 647. The molecule has 0 unspecified atom stereocenters. The average molecular weight is 377 g/mol. The van der Waals surface area contributed by atoms with E-state index in [1.165, 1.54) is 0 Å². The first kappa shape index (κ1) is 20.9. The molecule has 7 heteroatoms. The van der Waals surface area contributed by atoms with Crippen molar-refractivity contribution < 1.29 is 14.3 Å². The molecule has 0 atom stereocenters. The summed E-state index contributed by atoms with van der Waals surface area (Å²) in [6.45, 7) is 11.8. The van der Waals surface area contributed by atoms with Crippen LogP contribution in [0.3, 0.4) is 0 Å². The molecule has 0 saturated carbocycles. The number of benzene rings is 1. The van der Waals surface area contributed by atoms with Crippen LogP contribution >= 0.6 is 0 Å². The lowest BCUT2D eigenvalue weighted by atomic mass is 10.2. The van der Waals surface area contributed by atoms with Crippen molar-refractivity contribution in [1.29, 1.82) is 0 Å². The average Bonchev–Trinajstić information content (AvgIpc) is 2.64. The second kappa shape index (κ2) is 9.48. The zero-order valence-corrected chi connectivity index (χ0v) is 17.1. The Kier molecular flexibility index (Phi) is 7.33. The van der Waals surface area contributed by atoms with Crippen molar-refractivity contribution in [1.82, 2.24) is 10.2 Å². The Morgan fingerprint density at radius 2 is 1.93 bits per heavy atom. The smallest absolute Gasteiger partial charge is 0.328 e. The summed E-state index contributed by atoms with van der Waals surface area (Å²) in [7, 11) is 1.68. The summed E-state index contributed by atoms with van der Waals surface area (Å²) < 4.78 is 10.7. The van der Waals surface area contributed by atoms with Crippen molar-refractivity contribution in [2.45, 2.75) is 33.3 Å². The second-order valence-corrected chi connectivity index (χ2v) is 7.43. The van der Waals surface area contributed by atoms with E-state index in [9.17, 15) is 4.79 Å². The van der Waals surface area contributed by atoms with Crippen molar-refractivity contribution in [3.63, 3.8) is 0 Å². The number of aliphatic imine (C=N–C) groups is 1. The summed E-state index contributed by atoms with van der Waals surface area (Å²) in [4.78, 5) is 20.9. The minimum absolute atomic E-state index is 0.0235. The van der Waals surface area contributed by atoms with Gasteiger partial charge in [0.25, 0.3) is 0 Å². The summed E-state index contributed by atoms with van der Waals surface area (Å²) in [5.74, 6) is 1.31. The van der Waals surface area contributed by atoms with E-state index < -0.39 is 5.60 Å². The monoisotopic (exact) mass is 376 g/mol. The van der Waals surface area contributed by atoms with Crippen molar-refractivity contribution in [2.24, 2.45) is 4.99 Å². The molecule has 0 aromatic heterocycles. The van der Waals surface area contributed by atoms with E-state index in [0.29, 0.717) is 0 Å². The number of piperazine rings is 1. The van der Waals surface area contributed by atoms with Crippen molar-refractivity contribution in [3.8, 4) is 5.75 Å². The molecule has 1 aliphatic heterocycles. The van der Waals surface area contributed by atoms with Crippen LogP contribution in [-0.4, -0.2) is 68.8 Å². The van der Waals surface area contributed by atoms with Gasteiger partial charge in [0.1, 0.15) is 17.9 Å². The summed E-state index contributed by atoms with van der Waals surface area (Å²) in [5.41, 5.74) is 0.664. The van der Waals surface area contributed by atoms with Gasteiger partial charge in [0.2, 0.25) is 0 Å². The molecule has 0 amide bonds. The summed E-state index contributed by atoms with van der Waals surface area (Å²) in [6.07, 6.45) is 0. The van der Waals surface area contributed by atoms with Crippen LogP contribution in [0.25, 0.3) is 0 Å². The molecule has 0 bridgehead atoms. The number of ether oxygens (including phenoxy) is 2. The van der Waals surface area contributed by atoms with Crippen LogP contribution in [-0.2, 0) is 9.53 Å². The van der Waals surface area contributed by atoms with E-state index in [0.717, 1.165) is 50.1 Å². The number of carbonyl (C=O) groups is 1. The van der Waals surface area contributed by atoms with Gasteiger partial charge in [-0.25, -0.2) is 4.99 Å². The largest absolute Gasteiger partial charge is 0.497 e. The van der Waals surface area contributed by atoms with E-state index in [1.54, 1.807) is 7.11 Å². The van der Waals surface area contributed by atoms with E-state index in [2.05, 4.69) is 32.2 Å². The number of guanidine groups is 1. The van der Waals surface area contributed by atoms with Crippen LogP contribution in [0.4, 0.5) is 5.69 Å². The Hall–Kier alpha value is -2.44. The van der Waals surface area contributed by atoms with E-state index in [-0.39, 0.29) is 12.5 Å². The fourth-order valence-corrected chi connectivity index (χ4v) is 2.92. The number of hydrogen-bond acceptors (Lipinski definition) is 5. The fraction of sp³-hybridized carbons (Fsp3) is 0.600. The lowest BCUT2D eigenvalue weighted by Gasteiger charge is -2.37. The predicted octanol–water partition coefficient (Wildman–Crippen LogP) is 2.12. The quantitative estimate of drug-likeness (QED) is 0.482. The first-order chi connectivity index (χ1) is 12.8. The van der Waals surface area contributed by atoms with Crippen LogP contribution in [0.5, 0.6) is 5.75 Å². The van der Waals surface area contributed by atoms with Gasteiger partial charge in [0.15, 0.2) is 5.96 Å². The van der Waals surface area contributed by atoms with Crippen LogP contribution < -0.4 is 15.0 Å². The molecular weight excluding hydrogens is 344 g/mol. The summed E-state index contributed by atoms with van der Waals surface area (Å²) in [6, 6.07) is 8.11. The van der Waals surface area contributed by atoms with Crippen LogP contribution in [0.15, 0.2) is 29.3 Å². The highest BCUT2D eigenvalue weighted by Crippen LogP contribution is 2.22. The normalized spacial score (nSPS) is 15.5. The van der Waals surface area contributed by atoms with Gasteiger partial charge in [0.05, 0.1) is 7.11 Å². The van der Waals surface area contributed by atoms with Crippen LogP contribution in [0.2, 0.25) is 0 Å². The van der Waals surface area contributed by atoms with Gasteiger partial charge in [-0.2, -0.15) is 0 Å². The summed E-state index contributed by atoms with van der Waals surface area (Å²) in [5, 5.41) is 3.27. The Morgan fingerprint density at radius 1 is 1.22 bits per heavy atom. The van der Waals surface area contributed by atoms with E-state index in [4.69, 9.17) is 9.47 Å². The molecule has 1 N–H and O–H groups in total. The molecule has 0 aliphatic carbocycles. The zero-order valence-electron chi connectivity index (χ0n) is 17.1. The zero-order chi connectivity index (χ0) is 19.9. The molecule has 0 radical (unpaired) electrons. The summed E-state index contributed by atoms with van der Waals surface area (Å²) >= 11 is 0. The maximum absolute atomic E-state index is 12.0. The first-order valence-corrected chi connectivity index (χ1v) is 9.46. The molecule has 1 heterocycles. The molecule has 0 spiro atoms. The maximum atomic E-state index is 12.0. The number of anilines is 1. The highest BCUT2D eigenvalue weighted by molar-refractivity contribution is 5.83. The molecule has 1 fully saturated rings. The molecule has 1 aliphatic rings. The lowest BCUT2D eigenvalue weighted by molar-refractivity contribution is -0.152. The fourth-order valence-electron chi connectivity index (χ4n) is 2.92. The van der Waals surface area contributed by atoms with Gasteiger partial charge < -0.3 is 24.6 Å². The number of nitrogens with zero attached hydrogens (tertiary/aromatic N) is 3. The Balaban J connectivity index is 1.95. The number of rotatable bonds is 5. The number of nitrogens with one attached hydrogen (secondary N) is 1. The van der Waals surface area contributed by atoms with Gasteiger partial charge in [0, 0.05) is 44.5 Å². The number of carbonyl (C=O) groups excluding carboxylic acids is 1. The molecule has 7 nitrogen and oxygen atoms in total. The second-order valence-electron chi connectivity index (χ2n) is 7.43. The highest BCUT2D eigenvalue weighted by Gasteiger charge is 2.21. The van der Waals surface area contributed by atoms with Gasteiger partial charge in [-0.3, -0.25) is 4.79 Å². The molecule has 150 valence electrons. The molecule has 27 heavy (non-hydrogen) atoms. The number of methoxy groups -OCH3 is 1. The molecule has 1 saturated heterocycles. The van der Waals surface area contributed by atoms with Crippen LogP contribution in [0, 0.1) is 0 Å². The van der Waals surface area contributed by atoms with E-state index >= 15 is 0 Å². The van der Waals surface area contributed by atoms with Gasteiger partial charge in [-0.1, -0.05) is 6.07 Å². The molecular formula is C20H32N4O3. The van der Waals surface area contributed by atoms with Crippen molar-refractivity contribution in [3.05, 3.63) is 24.3 Å². The minimum Gasteiger partial charge on any atom is -0.497 e. The van der Waals surface area contributed by atoms with Crippen LogP contribution in [0.1, 0.15) is 27.7 Å². The maximum Gasteiger partial charge on any atom is 0.328 e. The Morgan fingerprint density at radius 3 is 2.52 bits per heavy atom. The lowest BCUT2D eigenvalue weighted by Crippen LogP contribution is -2.52. The molecule has 1 aromatic rings. The molecule has 2 rings (SSSR count). The van der Waals surface area contributed by atoms with Gasteiger partial charge >= 0.3 is 5.97 Å². The standard InChI is InChI=1S/C20H32N4O3/c1-6-21-19(22-15-18(25)27-20(2,3)4)24-12-10-23(11-13-24)16-8-7-9-17(14-16)26-5/h7-9,14H,6,10-13,15H2,1-5H3,(H,21,22). The Labute approximate surface area is 162 Å². The SMILES string of the molecule is CCNC(=NCC(=O)OC(C)(C)C)N1CCN(c2cccc(OC)c2)CC1. The van der Waals surface area contributed by atoms with Crippen molar-refractivity contribution in [2.75, 3.05) is 51.3 Å². The van der Waals surface area contributed by atoms with E-state index in [1.807, 2.05) is 39.8 Å². The highest BCUT2D eigenvalue weighted by atomic mass is 16.6. The first-order valence-electron chi connectivity index (χ1n) is 9.46. The minimum atomic E-state index is -0.493. The number of esters is 1. The topological polar surface area (TPSA) is 66.4 Å². The van der Waals surface area contributed by atoms with Gasteiger partial charge in [-0.15, -0.1) is 0 Å². The van der Waals surface area contributed by atoms with Crippen molar-refractivity contribution >= 4 is 17.6 Å². The number of hydrogen-bond donors (Lipinski definition) is 1. The third-order valence-corrected chi connectivity index (χ3v) is 4.11. The van der Waals surface area contributed by atoms with Gasteiger partial charge in [-0.05, 0) is 39.8 Å². The third-order valence-electron chi connectivity index (χ3n) is 4.11. The third kappa shape index (κ3) is 6.66. The molecule has 1 aromatic carbocycles.